The third-order valence-electron chi connectivity index (χ3n) is 1.81. The van der Waals surface area contributed by atoms with E-state index in [1.54, 1.807) is 25.7 Å². The lowest BCUT2D eigenvalue weighted by Gasteiger charge is -2.21. The van der Waals surface area contributed by atoms with E-state index in [-0.39, 0.29) is 6.61 Å². The van der Waals surface area contributed by atoms with Crippen LogP contribution in [0.2, 0.25) is 0 Å². The van der Waals surface area contributed by atoms with Gasteiger partial charge in [0.15, 0.2) is 0 Å². The maximum Gasteiger partial charge on any atom is 0.147 e. The molecule has 0 radical (unpaired) electrons. The van der Waals surface area contributed by atoms with E-state index in [0.29, 0.717) is 19.7 Å². The minimum atomic E-state index is 0.0975. The molecule has 0 aliphatic carbocycles. The molecule has 0 aliphatic rings. The highest BCUT2D eigenvalue weighted by atomic mass is 16.5. The summed E-state index contributed by atoms with van der Waals surface area (Å²) in [7, 11) is 1.65. The summed E-state index contributed by atoms with van der Waals surface area (Å²) in [6.07, 6.45) is 4.93. The molecule has 5 nitrogen and oxygen atoms in total. The van der Waals surface area contributed by atoms with Gasteiger partial charge in [0.2, 0.25) is 0 Å². The molecule has 0 unspecified atom stereocenters. The summed E-state index contributed by atoms with van der Waals surface area (Å²) < 4.78 is 4.97. The predicted molar refractivity (Wildman–Crippen MR) is 53.2 cm³/mol. The van der Waals surface area contributed by atoms with E-state index >= 15 is 0 Å². The summed E-state index contributed by atoms with van der Waals surface area (Å²) >= 11 is 0. The number of rotatable bonds is 6. The Morgan fingerprint density at radius 1 is 1.43 bits per heavy atom. The zero-order valence-electron chi connectivity index (χ0n) is 8.26. The molecule has 0 bridgehead atoms. The molecular formula is C9H15N3O2. The average molecular weight is 197 g/mol. The Bertz CT molecular complexity index is 243. The number of hydrogen-bond donors (Lipinski definition) is 1. The zero-order chi connectivity index (χ0) is 10.2. The van der Waals surface area contributed by atoms with Gasteiger partial charge in [0.05, 0.1) is 19.4 Å². The van der Waals surface area contributed by atoms with Gasteiger partial charge in [-0.3, -0.25) is 4.98 Å². The van der Waals surface area contributed by atoms with Crippen LogP contribution in [-0.2, 0) is 4.74 Å². The van der Waals surface area contributed by atoms with Crippen LogP contribution in [0, 0.1) is 0 Å². The summed E-state index contributed by atoms with van der Waals surface area (Å²) in [6.45, 7) is 1.95. The summed E-state index contributed by atoms with van der Waals surface area (Å²) in [5, 5.41) is 8.87. The van der Waals surface area contributed by atoms with Crippen LogP contribution in [0.25, 0.3) is 0 Å². The van der Waals surface area contributed by atoms with Crippen molar-refractivity contribution >= 4 is 5.82 Å². The Labute approximate surface area is 83.4 Å². The fourth-order valence-corrected chi connectivity index (χ4v) is 1.12. The van der Waals surface area contributed by atoms with Gasteiger partial charge in [-0.05, 0) is 0 Å². The molecule has 0 aliphatic heterocycles. The van der Waals surface area contributed by atoms with E-state index in [4.69, 9.17) is 9.84 Å². The lowest BCUT2D eigenvalue weighted by atomic mass is 10.4. The first-order valence-corrected chi connectivity index (χ1v) is 4.49. The third-order valence-corrected chi connectivity index (χ3v) is 1.81. The standard InChI is InChI=1S/C9H15N3O2/c1-14-7-5-12(4-6-13)9-8-10-2-3-11-9/h2-3,8,13H,4-7H2,1H3. The quantitative estimate of drug-likeness (QED) is 0.691. The number of aromatic nitrogens is 2. The van der Waals surface area contributed by atoms with Gasteiger partial charge in [-0.15, -0.1) is 0 Å². The normalized spacial score (nSPS) is 10.1. The van der Waals surface area contributed by atoms with Crippen molar-refractivity contribution in [1.82, 2.24) is 9.97 Å². The molecule has 14 heavy (non-hydrogen) atoms. The number of hydrogen-bond acceptors (Lipinski definition) is 5. The number of aliphatic hydroxyl groups excluding tert-OH is 1. The molecule has 0 atom stereocenters. The van der Waals surface area contributed by atoms with Gasteiger partial charge in [-0.1, -0.05) is 0 Å². The van der Waals surface area contributed by atoms with Gasteiger partial charge >= 0.3 is 0 Å². The van der Waals surface area contributed by atoms with Gasteiger partial charge in [-0.2, -0.15) is 0 Å². The zero-order valence-corrected chi connectivity index (χ0v) is 8.26. The molecule has 1 N–H and O–H groups in total. The van der Waals surface area contributed by atoms with Crippen molar-refractivity contribution in [1.29, 1.82) is 0 Å². The molecule has 1 aromatic rings. The van der Waals surface area contributed by atoms with E-state index in [1.807, 2.05) is 4.90 Å². The van der Waals surface area contributed by atoms with Gasteiger partial charge in [0.25, 0.3) is 0 Å². The van der Waals surface area contributed by atoms with Gasteiger partial charge in [-0.25, -0.2) is 4.98 Å². The van der Waals surface area contributed by atoms with Gasteiger partial charge < -0.3 is 14.7 Å². The van der Waals surface area contributed by atoms with Crippen LogP contribution in [0.4, 0.5) is 5.82 Å². The highest BCUT2D eigenvalue weighted by molar-refractivity contribution is 5.34. The van der Waals surface area contributed by atoms with E-state index in [0.717, 1.165) is 5.82 Å². The molecule has 1 aromatic heterocycles. The first-order chi connectivity index (χ1) is 6.88. The van der Waals surface area contributed by atoms with Crippen molar-refractivity contribution < 1.29 is 9.84 Å². The fourth-order valence-electron chi connectivity index (χ4n) is 1.12. The van der Waals surface area contributed by atoms with Crippen LogP contribution < -0.4 is 4.90 Å². The molecule has 78 valence electrons. The SMILES string of the molecule is COCCN(CCO)c1cnccn1. The first kappa shape index (κ1) is 10.9. The molecule has 1 heterocycles. The van der Waals surface area contributed by atoms with Crippen LogP contribution >= 0.6 is 0 Å². The van der Waals surface area contributed by atoms with Crippen molar-refractivity contribution in [3.8, 4) is 0 Å². The molecule has 0 saturated heterocycles. The molecule has 0 fully saturated rings. The average Bonchev–Trinajstić information content (AvgIpc) is 2.25. The van der Waals surface area contributed by atoms with Crippen LogP contribution in [0.1, 0.15) is 0 Å². The Hall–Kier alpha value is -1.20. The predicted octanol–water partition coefficient (Wildman–Crippen LogP) is -0.0783. The molecule has 0 aromatic carbocycles. The maximum atomic E-state index is 8.87. The van der Waals surface area contributed by atoms with Crippen molar-refractivity contribution in [2.75, 3.05) is 38.3 Å². The number of nitrogens with zero attached hydrogens (tertiary/aromatic N) is 3. The van der Waals surface area contributed by atoms with Crippen LogP contribution in [0.5, 0.6) is 0 Å². The summed E-state index contributed by atoms with van der Waals surface area (Å²) in [6, 6.07) is 0. The van der Waals surface area contributed by atoms with Gasteiger partial charge in [0.1, 0.15) is 5.82 Å². The molecule has 1 rings (SSSR count). The van der Waals surface area contributed by atoms with Crippen molar-refractivity contribution in [2.24, 2.45) is 0 Å². The second-order valence-corrected chi connectivity index (χ2v) is 2.77. The maximum absolute atomic E-state index is 8.87. The van der Waals surface area contributed by atoms with Crippen LogP contribution in [0.3, 0.4) is 0 Å². The smallest absolute Gasteiger partial charge is 0.147 e. The Kier molecular flexibility index (Phi) is 4.88. The second-order valence-electron chi connectivity index (χ2n) is 2.77. The van der Waals surface area contributed by atoms with Gasteiger partial charge in [0, 0.05) is 32.6 Å². The third kappa shape index (κ3) is 3.27. The number of aliphatic hydroxyl groups is 1. The lowest BCUT2D eigenvalue weighted by molar-refractivity contribution is 0.202. The highest BCUT2D eigenvalue weighted by Crippen LogP contribution is 2.05. The number of anilines is 1. The van der Waals surface area contributed by atoms with E-state index in [9.17, 15) is 0 Å². The second kappa shape index (κ2) is 6.28. The van der Waals surface area contributed by atoms with Crippen LogP contribution in [-0.4, -0.2) is 48.5 Å². The van der Waals surface area contributed by atoms with E-state index < -0.39 is 0 Å². The molecule has 0 spiro atoms. The van der Waals surface area contributed by atoms with Crippen molar-refractivity contribution in [3.05, 3.63) is 18.6 Å². The minimum Gasteiger partial charge on any atom is -0.395 e. The largest absolute Gasteiger partial charge is 0.395 e. The molecular weight excluding hydrogens is 182 g/mol. The molecule has 5 heteroatoms. The summed E-state index contributed by atoms with van der Waals surface area (Å²) in [5.74, 6) is 0.763. The fraction of sp³-hybridized carbons (Fsp3) is 0.556. The highest BCUT2D eigenvalue weighted by Gasteiger charge is 2.05. The van der Waals surface area contributed by atoms with Crippen molar-refractivity contribution in [2.45, 2.75) is 0 Å². The Morgan fingerprint density at radius 2 is 2.29 bits per heavy atom. The van der Waals surface area contributed by atoms with Crippen molar-refractivity contribution in [3.63, 3.8) is 0 Å². The monoisotopic (exact) mass is 197 g/mol. The number of methoxy groups -OCH3 is 1. The van der Waals surface area contributed by atoms with E-state index in [2.05, 4.69) is 9.97 Å². The Morgan fingerprint density at radius 3 is 2.86 bits per heavy atom. The minimum absolute atomic E-state index is 0.0975. The number of ether oxygens (including phenoxy) is 1. The molecule has 0 saturated carbocycles. The Balaban J connectivity index is 2.58. The first-order valence-electron chi connectivity index (χ1n) is 4.49. The lowest BCUT2D eigenvalue weighted by Crippen LogP contribution is -2.30. The topological polar surface area (TPSA) is 58.5 Å². The summed E-state index contributed by atoms with van der Waals surface area (Å²) in [4.78, 5) is 10.0. The summed E-state index contributed by atoms with van der Waals surface area (Å²) in [5.41, 5.74) is 0. The van der Waals surface area contributed by atoms with E-state index in [1.165, 1.54) is 0 Å². The van der Waals surface area contributed by atoms with Crippen LogP contribution in [0.15, 0.2) is 18.6 Å². The molecule has 0 amide bonds.